The number of phenolic OH excluding ortho intramolecular Hbond substituents is 2. The summed E-state index contributed by atoms with van der Waals surface area (Å²) in [6.07, 6.45) is 3.15. The van der Waals surface area contributed by atoms with E-state index in [0.717, 1.165) is 0 Å². The fraction of sp³-hybridized carbons (Fsp3) is 0. The predicted molar refractivity (Wildman–Crippen MR) is 125 cm³/mol. The summed E-state index contributed by atoms with van der Waals surface area (Å²) >= 11 is 22.0. The van der Waals surface area contributed by atoms with Crippen LogP contribution in [0.1, 0.15) is 0 Å². The lowest BCUT2D eigenvalue weighted by Crippen LogP contribution is -1.74. The number of aromatic hydroxyl groups is 2. The van der Waals surface area contributed by atoms with Crippen LogP contribution in [0.5, 0.6) is 11.5 Å². The quantitative estimate of drug-likeness (QED) is 0.253. The molecule has 0 saturated carbocycles. The van der Waals surface area contributed by atoms with Crippen molar-refractivity contribution >= 4 is 46.4 Å². The van der Waals surface area contributed by atoms with Gasteiger partial charge in [0.2, 0.25) is 0 Å². The van der Waals surface area contributed by atoms with Crippen LogP contribution in [0, 0.1) is 0 Å². The molecule has 2 heterocycles. The van der Waals surface area contributed by atoms with Crippen molar-refractivity contribution in [3.05, 3.63) is 118 Å². The second kappa shape index (κ2) is 15.4. The van der Waals surface area contributed by atoms with Crippen molar-refractivity contribution in [3.63, 3.8) is 0 Å². The average molecular weight is 484 g/mol. The summed E-state index contributed by atoms with van der Waals surface area (Å²) in [5.41, 5.74) is 0. The molecule has 0 unspecified atom stereocenters. The Morgan fingerprint density at radius 2 is 1.03 bits per heavy atom. The summed E-state index contributed by atoms with van der Waals surface area (Å²) in [4.78, 5) is 7.43. The molecule has 0 fully saturated rings. The Labute approximate surface area is 195 Å². The van der Waals surface area contributed by atoms with Gasteiger partial charge >= 0.3 is 0 Å². The van der Waals surface area contributed by atoms with Crippen LogP contribution in [0.2, 0.25) is 20.4 Å². The fourth-order valence-electron chi connectivity index (χ4n) is 1.59. The molecule has 2 aromatic heterocycles. The van der Waals surface area contributed by atoms with Crippen molar-refractivity contribution in [1.82, 2.24) is 9.97 Å². The number of rotatable bonds is 0. The molecule has 4 nitrogen and oxygen atoms in total. The molecule has 2 N–H and O–H groups in total. The average Bonchev–Trinajstić information content (AvgIpc) is 2.75. The Hall–Kier alpha value is -2.50. The van der Waals surface area contributed by atoms with Crippen molar-refractivity contribution < 1.29 is 10.2 Å². The molecule has 8 heteroatoms. The summed E-state index contributed by atoms with van der Waals surface area (Å²) in [7, 11) is 0. The van der Waals surface area contributed by atoms with Gasteiger partial charge in [-0.2, -0.15) is 0 Å². The number of phenols is 2. The number of benzene rings is 2. The maximum atomic E-state index is 8.63. The maximum Gasteiger partial charge on any atom is 0.149 e. The molecule has 4 aromatic rings. The van der Waals surface area contributed by atoms with E-state index in [0.29, 0.717) is 26.7 Å². The van der Waals surface area contributed by atoms with Gasteiger partial charge < -0.3 is 10.2 Å². The van der Waals surface area contributed by atoms with E-state index in [2.05, 4.69) is 9.97 Å². The van der Waals surface area contributed by atoms with E-state index in [1.54, 1.807) is 66.9 Å². The third kappa shape index (κ3) is 12.1. The molecule has 0 radical (unpaired) electrons. The molecule has 156 valence electrons. The molecule has 0 spiro atoms. The van der Waals surface area contributed by atoms with Gasteiger partial charge in [0.1, 0.15) is 21.8 Å². The van der Waals surface area contributed by atoms with Crippen LogP contribution in [0.25, 0.3) is 0 Å². The van der Waals surface area contributed by atoms with Gasteiger partial charge in [0.25, 0.3) is 0 Å². The first-order chi connectivity index (χ1) is 14.4. The molecule has 0 atom stereocenters. The van der Waals surface area contributed by atoms with E-state index in [-0.39, 0.29) is 5.15 Å². The Morgan fingerprint density at radius 3 is 1.30 bits per heavy atom. The molecule has 0 saturated heterocycles. The lowest BCUT2D eigenvalue weighted by molar-refractivity contribution is 0.475. The van der Waals surface area contributed by atoms with Gasteiger partial charge in [-0.3, -0.25) is 0 Å². The first-order valence-corrected chi connectivity index (χ1v) is 9.91. The highest BCUT2D eigenvalue weighted by atomic mass is 35.5. The number of aromatic nitrogens is 2. The molecule has 0 bridgehead atoms. The predicted octanol–water partition coefficient (Wildman–Crippen LogP) is 7.56. The molecule has 0 aliphatic carbocycles. The van der Waals surface area contributed by atoms with Crippen LogP contribution in [0.4, 0.5) is 0 Å². The number of nitrogens with zero attached hydrogens (tertiary/aromatic N) is 2. The van der Waals surface area contributed by atoms with Crippen LogP contribution in [0.3, 0.4) is 0 Å². The zero-order chi connectivity index (χ0) is 22.2. The van der Waals surface area contributed by atoms with Crippen LogP contribution in [-0.2, 0) is 0 Å². The molecule has 2 aromatic carbocycles. The highest BCUT2D eigenvalue weighted by Gasteiger charge is 2.00. The smallest absolute Gasteiger partial charge is 0.149 e. The number of halogens is 4. The van der Waals surface area contributed by atoms with Crippen molar-refractivity contribution in [2.24, 2.45) is 0 Å². The van der Waals surface area contributed by atoms with Gasteiger partial charge in [-0.25, -0.2) is 9.97 Å². The highest BCUT2D eigenvalue weighted by Crippen LogP contribution is 2.26. The monoisotopic (exact) mass is 482 g/mol. The maximum absolute atomic E-state index is 8.63. The summed E-state index contributed by atoms with van der Waals surface area (Å²) in [6.45, 7) is 0. The lowest BCUT2D eigenvalue weighted by atomic mass is 10.3. The molecule has 0 amide bonds. The van der Waals surface area contributed by atoms with E-state index in [4.69, 9.17) is 56.6 Å². The molecule has 30 heavy (non-hydrogen) atoms. The van der Waals surface area contributed by atoms with E-state index < -0.39 is 0 Å². The van der Waals surface area contributed by atoms with Gasteiger partial charge in [-0.15, -0.1) is 0 Å². The normalized spacial score (nSPS) is 8.93. The van der Waals surface area contributed by atoms with E-state index in [1.807, 2.05) is 24.3 Å². The largest absolute Gasteiger partial charge is 0.508 e. The Balaban J connectivity index is 0.000000201. The molecular formula is C22H18Cl4N2O2. The molecule has 4 rings (SSSR count). The third-order valence-corrected chi connectivity index (χ3v) is 4.34. The van der Waals surface area contributed by atoms with Crippen LogP contribution in [0.15, 0.2) is 97.3 Å². The Bertz CT molecular complexity index is 851. The van der Waals surface area contributed by atoms with Gasteiger partial charge in [0.05, 0.1) is 10.0 Å². The summed E-state index contributed by atoms with van der Waals surface area (Å²) in [5, 5.41) is 18.8. The second-order valence-electron chi connectivity index (χ2n) is 5.22. The minimum Gasteiger partial charge on any atom is -0.508 e. The summed E-state index contributed by atoms with van der Waals surface area (Å²) < 4.78 is 0. The Morgan fingerprint density at radius 1 is 0.533 bits per heavy atom. The Kier molecular flexibility index (Phi) is 13.1. The van der Waals surface area contributed by atoms with Crippen molar-refractivity contribution in [2.45, 2.75) is 0 Å². The van der Waals surface area contributed by atoms with Crippen LogP contribution >= 0.6 is 46.4 Å². The van der Waals surface area contributed by atoms with Gasteiger partial charge in [-0.05, 0) is 42.5 Å². The first kappa shape index (κ1) is 25.5. The van der Waals surface area contributed by atoms with E-state index in [1.165, 1.54) is 6.20 Å². The zero-order valence-electron chi connectivity index (χ0n) is 15.5. The number of para-hydroxylation sites is 2. The SMILES string of the molecule is Clc1ccccn1.Clc1ccnc(Cl)c1Cl.Oc1ccccc1.Oc1ccccc1. The van der Waals surface area contributed by atoms with E-state index in [9.17, 15) is 0 Å². The topological polar surface area (TPSA) is 66.2 Å². The van der Waals surface area contributed by atoms with Crippen LogP contribution in [-0.4, -0.2) is 20.2 Å². The van der Waals surface area contributed by atoms with Crippen molar-refractivity contribution in [1.29, 1.82) is 0 Å². The zero-order valence-corrected chi connectivity index (χ0v) is 18.6. The summed E-state index contributed by atoms with van der Waals surface area (Å²) in [6, 6.07) is 24.4. The number of hydrogen-bond acceptors (Lipinski definition) is 4. The number of pyridine rings is 2. The van der Waals surface area contributed by atoms with Crippen LogP contribution < -0.4 is 0 Å². The minimum atomic E-state index is 0.240. The fourth-order valence-corrected chi connectivity index (χ4v) is 2.19. The third-order valence-electron chi connectivity index (χ3n) is 2.94. The standard InChI is InChI=1S/2C6H6O.C5H2Cl3N.C5H4ClN/c2*7-6-4-2-1-3-5-6;6-3-1-2-9-5(8)4(3)7;6-5-3-1-2-4-7-5/h2*1-5,7H;1-2H;1-4H. The highest BCUT2D eigenvalue weighted by molar-refractivity contribution is 6.47. The van der Waals surface area contributed by atoms with Gasteiger partial charge in [0, 0.05) is 12.4 Å². The van der Waals surface area contributed by atoms with Gasteiger partial charge in [0.15, 0.2) is 0 Å². The lowest BCUT2D eigenvalue weighted by Gasteiger charge is -1.93. The minimum absolute atomic E-state index is 0.240. The summed E-state index contributed by atoms with van der Waals surface area (Å²) in [5.74, 6) is 0.644. The molecular weight excluding hydrogens is 466 g/mol. The van der Waals surface area contributed by atoms with Crippen molar-refractivity contribution in [2.75, 3.05) is 0 Å². The first-order valence-electron chi connectivity index (χ1n) is 8.40. The number of hydrogen-bond donors (Lipinski definition) is 2. The van der Waals surface area contributed by atoms with Gasteiger partial charge in [-0.1, -0.05) is 88.9 Å². The molecule has 0 aliphatic heterocycles. The van der Waals surface area contributed by atoms with Crippen molar-refractivity contribution in [3.8, 4) is 11.5 Å². The molecule has 0 aliphatic rings. The van der Waals surface area contributed by atoms with E-state index >= 15 is 0 Å². The second-order valence-corrected chi connectivity index (χ2v) is 6.75.